The van der Waals surface area contributed by atoms with Crippen LogP contribution in [0.3, 0.4) is 0 Å². The zero-order chi connectivity index (χ0) is 7.15. The van der Waals surface area contributed by atoms with Crippen LogP contribution in [0.4, 0.5) is 0 Å². The number of halogens is 3. The van der Waals surface area contributed by atoms with Crippen molar-refractivity contribution >= 4 is 34.8 Å². The van der Waals surface area contributed by atoms with Crippen LogP contribution in [0.2, 0.25) is 0 Å². The van der Waals surface area contributed by atoms with Gasteiger partial charge in [0.2, 0.25) is 0 Å². The third-order valence-electron chi connectivity index (χ3n) is 0. The molecule has 0 rings (SSSR count). The third-order valence-corrected chi connectivity index (χ3v) is 0. The van der Waals surface area contributed by atoms with Crippen LogP contribution in [0.25, 0.3) is 0 Å². The Balaban J connectivity index is -0.0000000300. The molecule has 0 spiro atoms. The molecule has 0 aromatic rings. The standard InChI is InChI=1S/C3H8O.CHCl3.H3N.H2O/c1-3(2)4;2-1(3)4;;/h3-4H,1-2H3;1H;1H3;1H2. The van der Waals surface area contributed by atoms with Gasteiger partial charge in [-0.25, -0.2) is 0 Å². The summed E-state index contributed by atoms with van der Waals surface area (Å²) in [6.45, 7) is 3.44. The molecule has 0 aliphatic carbocycles. The maximum Gasteiger partial charge on any atom is 0.180 e. The minimum absolute atomic E-state index is 0. The number of aliphatic hydroxyl groups is 1. The summed E-state index contributed by atoms with van der Waals surface area (Å²) >= 11 is 14.4. The number of hydrogen-bond donors (Lipinski definition) is 2. The summed E-state index contributed by atoms with van der Waals surface area (Å²) in [7, 11) is 0. The fourth-order valence-electron chi connectivity index (χ4n) is 0. The number of rotatable bonds is 0. The van der Waals surface area contributed by atoms with E-state index < -0.39 is 4.30 Å². The zero-order valence-electron chi connectivity index (χ0n) is 6.18. The molecule has 0 aromatic carbocycles. The van der Waals surface area contributed by atoms with Crippen LogP contribution in [-0.4, -0.2) is 21.0 Å². The van der Waals surface area contributed by atoms with Gasteiger partial charge in [0.15, 0.2) is 4.30 Å². The van der Waals surface area contributed by atoms with Crippen molar-refractivity contribution < 1.29 is 10.6 Å². The average Bonchev–Trinajstić information content (AvgIpc) is 1.25. The van der Waals surface area contributed by atoms with Crippen molar-refractivity contribution in [2.45, 2.75) is 24.2 Å². The van der Waals surface area contributed by atoms with Gasteiger partial charge in [-0.1, -0.05) is 34.8 Å². The maximum atomic E-state index is 8.06. The molecule has 0 saturated heterocycles. The maximum absolute atomic E-state index is 8.06. The van der Waals surface area contributed by atoms with Crippen LogP contribution in [0.15, 0.2) is 0 Å². The van der Waals surface area contributed by atoms with Gasteiger partial charge in [0.25, 0.3) is 0 Å². The molecule has 0 aliphatic rings. The summed E-state index contributed by atoms with van der Waals surface area (Å²) < 4.78 is -0.750. The lowest BCUT2D eigenvalue weighted by Gasteiger charge is -1.80. The molecule has 68 valence electrons. The first kappa shape index (κ1) is 22.4. The highest BCUT2D eigenvalue weighted by Gasteiger charge is 1.78. The van der Waals surface area contributed by atoms with Gasteiger partial charge in [-0.3, -0.25) is 0 Å². The number of hydrogen-bond acceptors (Lipinski definition) is 2. The van der Waals surface area contributed by atoms with E-state index in [2.05, 4.69) is 0 Å². The van der Waals surface area contributed by atoms with E-state index in [4.69, 9.17) is 39.9 Å². The predicted octanol–water partition coefficient (Wildman–Crippen LogP) is 2.57. The molecule has 0 bridgehead atoms. The molecule has 3 nitrogen and oxygen atoms in total. The Bertz CT molecular complexity index is 34.0. The van der Waals surface area contributed by atoms with Crippen molar-refractivity contribution in [2.24, 2.45) is 0 Å². The summed E-state index contributed by atoms with van der Waals surface area (Å²) in [6.07, 6.45) is -0.167. The highest BCUT2D eigenvalue weighted by Crippen LogP contribution is 2.03. The minimum atomic E-state index is -0.750. The molecule has 0 atom stereocenters. The van der Waals surface area contributed by atoms with Gasteiger partial charge in [0, 0.05) is 6.10 Å². The smallest absolute Gasteiger partial charge is 0.180 e. The molecule has 0 radical (unpaired) electrons. The quantitative estimate of drug-likeness (QED) is 0.607. The van der Waals surface area contributed by atoms with E-state index >= 15 is 0 Å². The van der Waals surface area contributed by atoms with Crippen LogP contribution in [-0.2, 0) is 0 Å². The van der Waals surface area contributed by atoms with Crippen LogP contribution in [0, 0.1) is 0 Å². The van der Waals surface area contributed by atoms with Crippen molar-refractivity contribution in [1.29, 1.82) is 0 Å². The van der Waals surface area contributed by atoms with E-state index in [0.717, 1.165) is 0 Å². The minimum Gasteiger partial charge on any atom is -0.870 e. The first-order valence-electron chi connectivity index (χ1n) is 2.07. The van der Waals surface area contributed by atoms with E-state index in [9.17, 15) is 0 Å². The highest BCUT2D eigenvalue weighted by atomic mass is 35.6. The van der Waals surface area contributed by atoms with Gasteiger partial charge in [0.1, 0.15) is 0 Å². The van der Waals surface area contributed by atoms with E-state index in [0.29, 0.717) is 0 Å². The summed E-state index contributed by atoms with van der Waals surface area (Å²) in [5.41, 5.74) is 0. The van der Waals surface area contributed by atoms with Crippen molar-refractivity contribution in [2.75, 3.05) is 0 Å². The number of quaternary nitrogens is 1. The lowest BCUT2D eigenvalue weighted by molar-refractivity contribution is 0.216. The second-order valence-corrected chi connectivity index (χ2v) is 3.32. The number of alkyl halides is 3. The SMILES string of the molecule is CC(C)O.ClC(Cl)Cl.[NH4+].[OH-]. The van der Waals surface area contributed by atoms with Crippen molar-refractivity contribution in [3.63, 3.8) is 0 Å². The van der Waals surface area contributed by atoms with Gasteiger partial charge < -0.3 is 16.7 Å². The lowest BCUT2D eigenvalue weighted by atomic mass is 10.5. The molecule has 0 unspecified atom stereocenters. The van der Waals surface area contributed by atoms with Crippen molar-refractivity contribution in [1.82, 2.24) is 6.15 Å². The van der Waals surface area contributed by atoms with Crippen LogP contribution in [0.1, 0.15) is 13.8 Å². The van der Waals surface area contributed by atoms with Crippen LogP contribution >= 0.6 is 34.8 Å². The average molecular weight is 215 g/mol. The topological polar surface area (TPSA) is 86.7 Å². The second-order valence-electron chi connectivity index (χ2n) is 1.34. The summed E-state index contributed by atoms with van der Waals surface area (Å²) in [5, 5.41) is 8.06. The molecule has 0 saturated carbocycles. The third kappa shape index (κ3) is 934. The fourth-order valence-corrected chi connectivity index (χ4v) is 0. The normalized spacial score (nSPS) is 7.20. The van der Waals surface area contributed by atoms with Gasteiger partial charge >= 0.3 is 0 Å². The molecule has 0 aliphatic heterocycles. The Morgan fingerprint density at radius 1 is 1.10 bits per heavy atom. The first-order chi connectivity index (χ1) is 3.46. The molecular weight excluding hydrogens is 200 g/mol. The van der Waals surface area contributed by atoms with E-state index in [1.807, 2.05) is 0 Å². The molecule has 6 heteroatoms. The Kier molecular flexibility index (Phi) is 36.7. The zero-order valence-corrected chi connectivity index (χ0v) is 8.45. The molecule has 0 fully saturated rings. The van der Waals surface area contributed by atoms with Gasteiger partial charge in [-0.2, -0.15) is 0 Å². The van der Waals surface area contributed by atoms with Crippen LogP contribution < -0.4 is 6.15 Å². The van der Waals surface area contributed by atoms with Crippen LogP contribution in [0.5, 0.6) is 0 Å². The fraction of sp³-hybridized carbons (Fsp3) is 1.00. The Morgan fingerprint density at radius 3 is 1.10 bits per heavy atom. The van der Waals surface area contributed by atoms with Gasteiger partial charge in [-0.05, 0) is 13.8 Å². The monoisotopic (exact) mass is 213 g/mol. The lowest BCUT2D eigenvalue weighted by Crippen LogP contribution is -1.85. The molecule has 10 heavy (non-hydrogen) atoms. The van der Waals surface area contributed by atoms with E-state index in [1.165, 1.54) is 0 Å². The molecule has 0 amide bonds. The Hall–Kier alpha value is 0.750. The molecular formula is C4H14Cl3NO2. The Labute approximate surface area is 76.2 Å². The molecule has 0 heterocycles. The Morgan fingerprint density at radius 2 is 1.10 bits per heavy atom. The first-order valence-corrected chi connectivity index (χ1v) is 3.38. The van der Waals surface area contributed by atoms with E-state index in [-0.39, 0.29) is 17.7 Å². The predicted molar refractivity (Wildman–Crippen MR) is 46.6 cm³/mol. The van der Waals surface area contributed by atoms with Gasteiger partial charge in [0.05, 0.1) is 0 Å². The largest absolute Gasteiger partial charge is 0.870 e. The summed E-state index contributed by atoms with van der Waals surface area (Å²) in [4.78, 5) is 0. The van der Waals surface area contributed by atoms with Gasteiger partial charge in [-0.15, -0.1) is 0 Å². The number of aliphatic hydroxyl groups excluding tert-OH is 1. The van der Waals surface area contributed by atoms with Crippen molar-refractivity contribution in [3.8, 4) is 0 Å². The summed E-state index contributed by atoms with van der Waals surface area (Å²) in [6, 6.07) is 0. The summed E-state index contributed by atoms with van der Waals surface area (Å²) in [5.74, 6) is 0. The van der Waals surface area contributed by atoms with Crippen molar-refractivity contribution in [3.05, 3.63) is 0 Å². The molecule has 6 N–H and O–H groups in total. The van der Waals surface area contributed by atoms with E-state index in [1.54, 1.807) is 13.8 Å². The highest BCUT2D eigenvalue weighted by molar-refractivity contribution is 6.63. The second kappa shape index (κ2) is 16.4. The molecule has 0 aromatic heterocycles.